The van der Waals surface area contributed by atoms with Crippen LogP contribution in [-0.2, 0) is 24.2 Å². The first-order valence-corrected chi connectivity index (χ1v) is 20.7. The molecular formula is C38H43N9O9S. The summed E-state index contributed by atoms with van der Waals surface area (Å²) in [5.41, 5.74) is 7.25. The van der Waals surface area contributed by atoms with E-state index in [1.54, 1.807) is 30.3 Å². The summed E-state index contributed by atoms with van der Waals surface area (Å²) < 4.78 is 29.3. The molecule has 0 saturated carbocycles. The van der Waals surface area contributed by atoms with Crippen molar-refractivity contribution in [1.29, 1.82) is 0 Å². The van der Waals surface area contributed by atoms with Gasteiger partial charge in [-0.05, 0) is 86.9 Å². The van der Waals surface area contributed by atoms with Crippen LogP contribution in [0.1, 0.15) is 76.2 Å². The molecule has 18 nitrogen and oxygen atoms in total. The maximum absolute atomic E-state index is 13.3. The van der Waals surface area contributed by atoms with Crippen molar-refractivity contribution in [2.24, 2.45) is 11.7 Å². The van der Waals surface area contributed by atoms with Crippen molar-refractivity contribution in [2.75, 3.05) is 54.2 Å². The van der Waals surface area contributed by atoms with E-state index < -0.39 is 51.5 Å². The van der Waals surface area contributed by atoms with Gasteiger partial charge in [0.25, 0.3) is 17.7 Å². The van der Waals surface area contributed by atoms with Gasteiger partial charge < -0.3 is 30.9 Å². The van der Waals surface area contributed by atoms with Crippen LogP contribution >= 0.6 is 0 Å². The fourth-order valence-corrected chi connectivity index (χ4v) is 8.32. The minimum Gasteiger partial charge on any atom is -0.450 e. The smallest absolute Gasteiger partial charge is 0.407 e. The first kappa shape index (κ1) is 39.1. The van der Waals surface area contributed by atoms with E-state index >= 15 is 0 Å². The van der Waals surface area contributed by atoms with E-state index in [0.29, 0.717) is 50.0 Å². The zero-order valence-corrected chi connectivity index (χ0v) is 32.0. The lowest BCUT2D eigenvalue weighted by Crippen LogP contribution is -2.54. The van der Waals surface area contributed by atoms with Gasteiger partial charge in [0.2, 0.25) is 11.8 Å². The molecule has 6 amide bonds. The number of carbonyl (C=O) groups is 6. The Morgan fingerprint density at radius 3 is 2.39 bits per heavy atom. The van der Waals surface area contributed by atoms with Crippen molar-refractivity contribution in [3.63, 3.8) is 0 Å². The largest absolute Gasteiger partial charge is 0.450 e. The molecule has 3 saturated heterocycles. The number of imide groups is 2. The molecular weight excluding hydrogens is 759 g/mol. The summed E-state index contributed by atoms with van der Waals surface area (Å²) in [4.78, 5) is 89.3. The van der Waals surface area contributed by atoms with Crippen molar-refractivity contribution in [3.8, 4) is 0 Å². The summed E-state index contributed by atoms with van der Waals surface area (Å²) in [5.74, 6) is -2.02. The van der Waals surface area contributed by atoms with Gasteiger partial charge in [0, 0.05) is 56.3 Å². The number of nitrogens with two attached hydrogens (primary N) is 1. The molecule has 0 spiro atoms. The van der Waals surface area contributed by atoms with E-state index in [2.05, 4.69) is 30.8 Å². The molecule has 5 N–H and O–H groups in total. The Labute approximate surface area is 328 Å². The molecule has 0 bridgehead atoms. The average Bonchev–Trinajstić information content (AvgIpc) is 3.43. The molecule has 2 atom stereocenters. The van der Waals surface area contributed by atoms with Crippen LogP contribution in [0.4, 0.5) is 27.8 Å². The number of piperidine rings is 3. The number of nitrogens with zero attached hydrogens (tertiary/aromatic N) is 5. The predicted octanol–water partition coefficient (Wildman–Crippen LogP) is 2.13. The SMILES string of the molecule is CS(=O)(=O)c1ccc(Nc2nc(N3CCC[C@@H](NC(=O)OCCC4CCN(c5ccc6c(c5)C(=O)N(C5CCC(=O)NC5=O)C6=O)CC4)C3)cnc2C(N)=O)cc1. The number of nitrogens with one attached hydrogen (secondary N) is 3. The Hall–Kier alpha value is -6.11. The number of anilines is 4. The lowest BCUT2D eigenvalue weighted by molar-refractivity contribution is -0.136. The van der Waals surface area contributed by atoms with Gasteiger partial charge in [0.15, 0.2) is 21.3 Å². The van der Waals surface area contributed by atoms with Crippen molar-refractivity contribution < 1.29 is 41.9 Å². The van der Waals surface area contributed by atoms with Gasteiger partial charge in [-0.1, -0.05) is 0 Å². The predicted molar refractivity (Wildman–Crippen MR) is 206 cm³/mol. The summed E-state index contributed by atoms with van der Waals surface area (Å²) in [6, 6.07) is 9.88. The number of carbonyl (C=O) groups excluding carboxylic acids is 6. The van der Waals surface area contributed by atoms with E-state index in [1.165, 1.54) is 18.3 Å². The molecule has 4 aliphatic rings. The topological polar surface area (TPSA) is 243 Å². The first-order chi connectivity index (χ1) is 27.2. The molecule has 2 aromatic carbocycles. The van der Waals surface area contributed by atoms with Gasteiger partial charge in [0.1, 0.15) is 11.9 Å². The van der Waals surface area contributed by atoms with E-state index in [-0.39, 0.29) is 53.0 Å². The van der Waals surface area contributed by atoms with Crippen molar-refractivity contribution in [2.45, 2.75) is 61.9 Å². The minimum absolute atomic E-state index is 0.0590. The van der Waals surface area contributed by atoms with Crippen LogP contribution < -0.4 is 31.5 Å². The third-order valence-electron chi connectivity index (χ3n) is 10.8. The van der Waals surface area contributed by atoms with Crippen molar-refractivity contribution in [1.82, 2.24) is 25.5 Å². The summed E-state index contributed by atoms with van der Waals surface area (Å²) in [6.45, 7) is 2.74. The van der Waals surface area contributed by atoms with Crippen LogP contribution in [0.2, 0.25) is 0 Å². The molecule has 1 unspecified atom stereocenters. The Balaban J connectivity index is 0.870. The molecule has 300 valence electrons. The van der Waals surface area contributed by atoms with Crippen LogP contribution in [0.5, 0.6) is 0 Å². The number of alkyl carbamates (subject to hydrolysis) is 1. The molecule has 0 aliphatic carbocycles. The molecule has 57 heavy (non-hydrogen) atoms. The molecule has 1 aromatic heterocycles. The fraction of sp³-hybridized carbons (Fsp3) is 0.421. The number of rotatable bonds is 11. The molecule has 5 heterocycles. The van der Waals surface area contributed by atoms with Crippen LogP contribution in [0, 0.1) is 5.92 Å². The van der Waals surface area contributed by atoms with Gasteiger partial charge >= 0.3 is 6.09 Å². The summed E-state index contributed by atoms with van der Waals surface area (Å²) in [7, 11) is -3.39. The van der Waals surface area contributed by atoms with Crippen molar-refractivity contribution in [3.05, 3.63) is 65.5 Å². The number of primary amides is 1. The summed E-state index contributed by atoms with van der Waals surface area (Å²) >= 11 is 0. The first-order valence-electron chi connectivity index (χ1n) is 18.8. The third-order valence-corrected chi connectivity index (χ3v) is 11.9. The Morgan fingerprint density at radius 2 is 1.68 bits per heavy atom. The highest BCUT2D eigenvalue weighted by atomic mass is 32.2. The van der Waals surface area contributed by atoms with Gasteiger partial charge in [-0.25, -0.2) is 23.2 Å². The highest BCUT2D eigenvalue weighted by Gasteiger charge is 2.45. The van der Waals surface area contributed by atoms with Gasteiger partial charge in [0.05, 0.1) is 28.8 Å². The number of aromatic nitrogens is 2. The highest BCUT2D eigenvalue weighted by Crippen LogP contribution is 2.33. The molecule has 3 fully saturated rings. The number of hydrogen-bond acceptors (Lipinski definition) is 14. The fourth-order valence-electron chi connectivity index (χ4n) is 7.69. The second-order valence-corrected chi connectivity index (χ2v) is 16.7. The van der Waals surface area contributed by atoms with Crippen molar-refractivity contribution >= 4 is 68.5 Å². The number of ether oxygens (including phenoxy) is 1. The second kappa shape index (κ2) is 16.2. The number of hydrogen-bond donors (Lipinski definition) is 4. The van der Waals surface area contributed by atoms with E-state index in [9.17, 15) is 37.2 Å². The van der Waals surface area contributed by atoms with Gasteiger partial charge in [-0.15, -0.1) is 0 Å². The van der Waals surface area contributed by atoms with E-state index in [1.807, 2.05) is 4.90 Å². The molecule has 3 aromatic rings. The normalized spacial score (nSPS) is 20.3. The number of fused-ring (bicyclic) bond motifs is 1. The third kappa shape index (κ3) is 8.67. The lowest BCUT2D eigenvalue weighted by Gasteiger charge is -2.34. The van der Waals surface area contributed by atoms with Gasteiger partial charge in [-0.2, -0.15) is 0 Å². The maximum Gasteiger partial charge on any atom is 0.407 e. The average molecular weight is 802 g/mol. The quantitative estimate of drug-likeness (QED) is 0.203. The second-order valence-electron chi connectivity index (χ2n) is 14.7. The lowest BCUT2D eigenvalue weighted by atomic mass is 9.93. The number of sulfone groups is 1. The van der Waals surface area contributed by atoms with Crippen LogP contribution in [-0.4, -0.2) is 110 Å². The zero-order chi connectivity index (χ0) is 40.4. The summed E-state index contributed by atoms with van der Waals surface area (Å²) in [6.07, 6.45) is 6.06. The molecule has 0 radical (unpaired) electrons. The van der Waals surface area contributed by atoms with E-state index in [4.69, 9.17) is 10.5 Å². The van der Waals surface area contributed by atoms with Crippen LogP contribution in [0.25, 0.3) is 0 Å². The highest BCUT2D eigenvalue weighted by molar-refractivity contribution is 7.90. The maximum atomic E-state index is 13.3. The minimum atomic E-state index is -3.39. The Kier molecular flexibility index (Phi) is 11.1. The Bertz CT molecular complexity index is 2230. The standard InChI is InChI=1S/C38H43N9O9S/c1-57(54,55)26-7-4-23(5-8-26)41-34-32(33(39)49)40-20-30(43-34)46-15-2-3-24(21-46)42-38(53)56-18-14-22-12-16-45(17-13-22)25-6-9-27-28(19-25)37(52)47(36(27)51)29-10-11-31(48)44-35(29)50/h4-9,19-20,22,24,29H,2-3,10-18,21H2,1H3,(H2,39,49)(H,41,43)(H,42,53)(H,44,48,50)/t24-,29?/m1/s1. The summed E-state index contributed by atoms with van der Waals surface area (Å²) in [5, 5.41) is 8.17. The number of benzene rings is 2. The monoisotopic (exact) mass is 801 g/mol. The number of amides is 6. The van der Waals surface area contributed by atoms with E-state index in [0.717, 1.165) is 42.5 Å². The van der Waals surface area contributed by atoms with Gasteiger partial charge in [-0.3, -0.25) is 34.2 Å². The van der Waals surface area contributed by atoms with Crippen LogP contribution in [0.3, 0.4) is 0 Å². The molecule has 19 heteroatoms. The Morgan fingerprint density at radius 1 is 0.947 bits per heavy atom. The molecule has 7 rings (SSSR count). The zero-order valence-electron chi connectivity index (χ0n) is 31.2. The molecule has 4 aliphatic heterocycles. The van der Waals surface area contributed by atoms with Crippen LogP contribution in [0.15, 0.2) is 53.6 Å².